The average Bonchev–Trinajstić information content (AvgIpc) is 2.94. The Labute approximate surface area is 130 Å². The Balaban J connectivity index is 2.22. The maximum atomic E-state index is 12.5. The topological polar surface area (TPSA) is 97.5 Å². The standard InChI is InChI=1S/C15H20N2O4S/c1-10(2)14(18)13-4-3-9-17(13)15(19)11-5-7-12(8-6-11)22(16,20)21/h5-8,10,13H,3-4,9H2,1-2H3,(H2,16,20,21)/t13-/m1/s1. The number of likely N-dealkylation sites (tertiary alicyclic amines) is 1. The summed E-state index contributed by atoms with van der Waals surface area (Å²) in [5, 5.41) is 5.03. The van der Waals surface area contributed by atoms with Crippen molar-refractivity contribution in [2.45, 2.75) is 37.6 Å². The first-order valence-corrected chi connectivity index (χ1v) is 8.74. The number of carbonyl (C=O) groups is 2. The molecule has 1 aromatic carbocycles. The molecule has 120 valence electrons. The zero-order valence-corrected chi connectivity index (χ0v) is 13.5. The Morgan fingerprint density at radius 2 is 1.82 bits per heavy atom. The normalized spacial score (nSPS) is 18.7. The van der Waals surface area contributed by atoms with Gasteiger partial charge in [0.05, 0.1) is 10.9 Å². The number of hydrogen-bond donors (Lipinski definition) is 1. The van der Waals surface area contributed by atoms with E-state index in [1.165, 1.54) is 24.3 Å². The molecule has 1 saturated heterocycles. The fourth-order valence-electron chi connectivity index (χ4n) is 2.64. The minimum absolute atomic E-state index is 0.0414. The third-order valence-electron chi connectivity index (χ3n) is 3.84. The van der Waals surface area contributed by atoms with E-state index in [0.29, 0.717) is 18.5 Å². The Hall–Kier alpha value is -1.73. The van der Waals surface area contributed by atoms with Crippen molar-refractivity contribution in [3.05, 3.63) is 29.8 Å². The van der Waals surface area contributed by atoms with E-state index in [9.17, 15) is 18.0 Å². The van der Waals surface area contributed by atoms with Gasteiger partial charge in [-0.3, -0.25) is 9.59 Å². The monoisotopic (exact) mass is 324 g/mol. The molecule has 0 radical (unpaired) electrons. The molecule has 0 aliphatic carbocycles. The van der Waals surface area contributed by atoms with Crippen molar-refractivity contribution >= 4 is 21.7 Å². The summed E-state index contributed by atoms with van der Waals surface area (Å²) >= 11 is 0. The molecule has 6 nitrogen and oxygen atoms in total. The molecule has 0 unspecified atom stereocenters. The van der Waals surface area contributed by atoms with Crippen LogP contribution in [0.3, 0.4) is 0 Å². The quantitative estimate of drug-likeness (QED) is 0.898. The molecule has 7 heteroatoms. The second-order valence-corrected chi connectivity index (χ2v) is 7.34. The van der Waals surface area contributed by atoms with Crippen LogP contribution in [0.15, 0.2) is 29.2 Å². The summed E-state index contributed by atoms with van der Waals surface area (Å²) in [5.41, 5.74) is 0.357. The van der Waals surface area contributed by atoms with Crippen molar-refractivity contribution in [2.75, 3.05) is 6.54 Å². The molecule has 1 heterocycles. The summed E-state index contributed by atoms with van der Waals surface area (Å²) < 4.78 is 22.4. The zero-order valence-electron chi connectivity index (χ0n) is 12.7. The number of amides is 1. The lowest BCUT2D eigenvalue weighted by Gasteiger charge is -2.25. The van der Waals surface area contributed by atoms with Gasteiger partial charge in [-0.1, -0.05) is 13.8 Å². The molecule has 1 aliphatic heterocycles. The van der Waals surface area contributed by atoms with E-state index < -0.39 is 10.0 Å². The molecule has 22 heavy (non-hydrogen) atoms. The summed E-state index contributed by atoms with van der Waals surface area (Å²) in [6.45, 7) is 4.19. The molecule has 1 aromatic rings. The highest BCUT2D eigenvalue weighted by molar-refractivity contribution is 7.89. The van der Waals surface area contributed by atoms with E-state index >= 15 is 0 Å². The van der Waals surface area contributed by atoms with Crippen molar-refractivity contribution in [3.8, 4) is 0 Å². The Morgan fingerprint density at radius 3 is 2.32 bits per heavy atom. The fourth-order valence-corrected chi connectivity index (χ4v) is 3.16. The lowest BCUT2D eigenvalue weighted by Crippen LogP contribution is -2.42. The maximum Gasteiger partial charge on any atom is 0.254 e. The maximum absolute atomic E-state index is 12.5. The molecule has 1 atom stereocenters. The lowest BCUT2D eigenvalue weighted by atomic mass is 9.99. The number of primary sulfonamides is 1. The second kappa shape index (κ2) is 6.18. The van der Waals surface area contributed by atoms with Crippen LogP contribution in [0.25, 0.3) is 0 Å². The molecule has 1 amide bonds. The number of benzene rings is 1. The first-order valence-electron chi connectivity index (χ1n) is 7.19. The molecule has 0 saturated carbocycles. The summed E-state index contributed by atoms with van der Waals surface area (Å²) in [5.74, 6) is -0.312. The summed E-state index contributed by atoms with van der Waals surface area (Å²) in [6.07, 6.45) is 1.47. The Morgan fingerprint density at radius 1 is 1.23 bits per heavy atom. The Bertz CT molecular complexity index is 680. The van der Waals surface area contributed by atoms with E-state index in [1.807, 2.05) is 13.8 Å². The van der Waals surface area contributed by atoms with Gasteiger partial charge in [-0.15, -0.1) is 0 Å². The van der Waals surface area contributed by atoms with Gasteiger partial charge >= 0.3 is 0 Å². The van der Waals surface area contributed by atoms with Crippen LogP contribution in [-0.2, 0) is 14.8 Å². The van der Waals surface area contributed by atoms with Gasteiger partial charge in [0.25, 0.3) is 5.91 Å². The van der Waals surface area contributed by atoms with Gasteiger partial charge in [-0.2, -0.15) is 0 Å². The minimum Gasteiger partial charge on any atom is -0.329 e. The number of sulfonamides is 1. The summed E-state index contributed by atoms with van der Waals surface area (Å²) in [7, 11) is -3.78. The van der Waals surface area contributed by atoms with Gasteiger partial charge < -0.3 is 4.90 Å². The molecule has 0 bridgehead atoms. The number of rotatable bonds is 4. The van der Waals surface area contributed by atoms with Gasteiger partial charge in [0.2, 0.25) is 10.0 Å². The van der Waals surface area contributed by atoms with Gasteiger partial charge in [0.1, 0.15) is 0 Å². The predicted molar refractivity (Wildman–Crippen MR) is 81.7 cm³/mol. The molecular weight excluding hydrogens is 304 g/mol. The number of hydrogen-bond acceptors (Lipinski definition) is 4. The molecule has 2 rings (SSSR count). The SMILES string of the molecule is CC(C)C(=O)[C@H]1CCCN1C(=O)c1ccc(S(N)(=O)=O)cc1. The predicted octanol–water partition coefficient (Wildman–Crippen LogP) is 1.16. The van der Waals surface area contributed by atoms with E-state index in [4.69, 9.17) is 5.14 Å². The average molecular weight is 324 g/mol. The third-order valence-corrected chi connectivity index (χ3v) is 4.77. The van der Waals surface area contributed by atoms with Gasteiger partial charge in [0, 0.05) is 18.0 Å². The molecular formula is C15H20N2O4S. The number of carbonyl (C=O) groups excluding carboxylic acids is 2. The first kappa shape index (κ1) is 16.6. The van der Waals surface area contributed by atoms with E-state index in [-0.39, 0.29) is 28.5 Å². The van der Waals surface area contributed by atoms with Crippen LogP contribution < -0.4 is 5.14 Å². The van der Waals surface area contributed by atoms with Crippen LogP contribution in [-0.4, -0.2) is 37.6 Å². The number of ketones is 1. The molecule has 2 N–H and O–H groups in total. The van der Waals surface area contributed by atoms with Crippen molar-refractivity contribution in [1.29, 1.82) is 0 Å². The second-order valence-electron chi connectivity index (χ2n) is 5.78. The van der Waals surface area contributed by atoms with Gasteiger partial charge in [-0.25, -0.2) is 13.6 Å². The molecule has 0 spiro atoms. The highest BCUT2D eigenvalue weighted by atomic mass is 32.2. The van der Waals surface area contributed by atoms with Crippen molar-refractivity contribution in [3.63, 3.8) is 0 Å². The lowest BCUT2D eigenvalue weighted by molar-refractivity contribution is -0.125. The third kappa shape index (κ3) is 3.36. The van der Waals surface area contributed by atoms with Gasteiger partial charge in [-0.05, 0) is 37.1 Å². The zero-order chi connectivity index (χ0) is 16.5. The van der Waals surface area contributed by atoms with Crippen LogP contribution in [0, 0.1) is 5.92 Å². The highest BCUT2D eigenvalue weighted by Gasteiger charge is 2.35. The van der Waals surface area contributed by atoms with Crippen LogP contribution >= 0.6 is 0 Å². The fraction of sp³-hybridized carbons (Fsp3) is 0.467. The largest absolute Gasteiger partial charge is 0.329 e. The van der Waals surface area contributed by atoms with Crippen LogP contribution in [0.5, 0.6) is 0 Å². The van der Waals surface area contributed by atoms with Crippen molar-refractivity contribution in [2.24, 2.45) is 11.1 Å². The molecule has 0 aromatic heterocycles. The molecule has 1 aliphatic rings. The van der Waals surface area contributed by atoms with E-state index in [1.54, 1.807) is 4.90 Å². The first-order chi connectivity index (χ1) is 10.2. The van der Waals surface area contributed by atoms with E-state index in [2.05, 4.69) is 0 Å². The molecule has 1 fully saturated rings. The number of nitrogens with zero attached hydrogens (tertiary/aromatic N) is 1. The minimum atomic E-state index is -3.78. The highest BCUT2D eigenvalue weighted by Crippen LogP contribution is 2.23. The smallest absolute Gasteiger partial charge is 0.254 e. The van der Waals surface area contributed by atoms with Crippen molar-refractivity contribution < 1.29 is 18.0 Å². The number of nitrogens with two attached hydrogens (primary N) is 1. The van der Waals surface area contributed by atoms with Crippen molar-refractivity contribution in [1.82, 2.24) is 4.90 Å². The number of Topliss-reactive ketones (excluding diaryl/α,β-unsaturated/α-hetero) is 1. The van der Waals surface area contributed by atoms with Crippen LogP contribution in [0.4, 0.5) is 0 Å². The Kier molecular flexibility index (Phi) is 4.67. The summed E-state index contributed by atoms with van der Waals surface area (Å²) in [6, 6.07) is 5.08. The van der Waals surface area contributed by atoms with Gasteiger partial charge in [0.15, 0.2) is 5.78 Å². The van der Waals surface area contributed by atoms with Crippen LogP contribution in [0.1, 0.15) is 37.0 Å². The summed E-state index contributed by atoms with van der Waals surface area (Å²) in [4.78, 5) is 26.3. The van der Waals surface area contributed by atoms with E-state index in [0.717, 1.165) is 6.42 Å². The van der Waals surface area contributed by atoms with Crippen LogP contribution in [0.2, 0.25) is 0 Å².